The number of furan rings is 1. The Kier molecular flexibility index (Phi) is 7.86. The highest BCUT2D eigenvalue weighted by atomic mass is 16.3. The van der Waals surface area contributed by atoms with Gasteiger partial charge in [0.25, 0.3) is 0 Å². The van der Waals surface area contributed by atoms with Gasteiger partial charge in [-0.25, -0.2) is 4.98 Å². The van der Waals surface area contributed by atoms with Crippen molar-refractivity contribution in [2.45, 2.75) is 13.8 Å². The van der Waals surface area contributed by atoms with Gasteiger partial charge in [0, 0.05) is 38.2 Å². The molecule has 12 aromatic rings. The van der Waals surface area contributed by atoms with Crippen LogP contribution in [0.15, 0.2) is 186 Å². The van der Waals surface area contributed by atoms with Gasteiger partial charge in [-0.2, -0.15) is 9.97 Å². The van der Waals surface area contributed by atoms with Crippen LogP contribution in [0.1, 0.15) is 13.8 Å². The Morgan fingerprint density at radius 1 is 0.397 bits per heavy atom. The normalized spacial score (nSPS) is 11.6. The molecule has 0 N–H and O–H groups in total. The van der Waals surface area contributed by atoms with Crippen LogP contribution < -0.4 is 0 Å². The van der Waals surface area contributed by atoms with Crippen molar-refractivity contribution >= 4 is 76.1 Å². The lowest BCUT2D eigenvalue weighted by molar-refractivity contribution is 0.669. The standard InChI is InChI=1S/C51H30N4O.C2H6/c1-2-14-34(15-3-1)49-52-50(37-22-21-31-11-4-5-16-35(31)29-37)54-51(53-49)55-43-27-24-32-12-6-8-17-38(32)46(43)42-20-10-19-40(48(42)55)36-23-26-41-45(30-36)56-44-28-25-33-13-7-9-18-39(33)47(41)44;1-2/h1-30H;1-2H3. The number of rotatable bonds is 4. The summed E-state index contributed by atoms with van der Waals surface area (Å²) in [7, 11) is 0. The third-order valence-corrected chi connectivity index (χ3v) is 11.2. The van der Waals surface area contributed by atoms with E-state index in [1.165, 1.54) is 26.9 Å². The van der Waals surface area contributed by atoms with E-state index in [4.69, 9.17) is 19.4 Å². The van der Waals surface area contributed by atoms with Gasteiger partial charge < -0.3 is 4.42 Å². The van der Waals surface area contributed by atoms with E-state index >= 15 is 0 Å². The second-order valence-corrected chi connectivity index (χ2v) is 14.4. The zero-order chi connectivity index (χ0) is 38.7. The number of benzene rings is 9. The Hall–Kier alpha value is -7.63. The van der Waals surface area contributed by atoms with Gasteiger partial charge in [0.1, 0.15) is 11.2 Å². The van der Waals surface area contributed by atoms with E-state index in [1.807, 2.05) is 32.0 Å². The van der Waals surface area contributed by atoms with Crippen molar-refractivity contribution in [3.05, 3.63) is 182 Å². The molecule has 0 amide bonds. The molecule has 0 aliphatic carbocycles. The molecular weight excluding hydrogens is 709 g/mol. The first-order valence-corrected chi connectivity index (χ1v) is 19.9. The lowest BCUT2D eigenvalue weighted by atomic mass is 9.98. The predicted octanol–water partition coefficient (Wildman–Crippen LogP) is 14.4. The molecular formula is C53H36N4O. The van der Waals surface area contributed by atoms with Crippen LogP contribution in [0.25, 0.3) is 116 Å². The maximum Gasteiger partial charge on any atom is 0.238 e. The van der Waals surface area contributed by atoms with E-state index in [2.05, 4.69) is 168 Å². The van der Waals surface area contributed by atoms with E-state index in [0.29, 0.717) is 17.6 Å². The summed E-state index contributed by atoms with van der Waals surface area (Å²) in [5, 5.41) is 11.6. The number of hydrogen-bond donors (Lipinski definition) is 0. The molecule has 58 heavy (non-hydrogen) atoms. The van der Waals surface area contributed by atoms with Gasteiger partial charge in [0.05, 0.1) is 11.0 Å². The molecule has 9 aromatic carbocycles. The van der Waals surface area contributed by atoms with Crippen LogP contribution >= 0.6 is 0 Å². The second-order valence-electron chi connectivity index (χ2n) is 14.4. The molecule has 3 heterocycles. The summed E-state index contributed by atoms with van der Waals surface area (Å²) in [6.45, 7) is 4.00. The summed E-state index contributed by atoms with van der Waals surface area (Å²) in [5.41, 5.74) is 7.74. The van der Waals surface area contributed by atoms with E-state index < -0.39 is 0 Å². The van der Waals surface area contributed by atoms with Crippen LogP contribution in [0, 0.1) is 0 Å². The largest absolute Gasteiger partial charge is 0.456 e. The minimum absolute atomic E-state index is 0.557. The quantitative estimate of drug-likeness (QED) is 0.180. The van der Waals surface area contributed by atoms with Crippen molar-refractivity contribution < 1.29 is 4.42 Å². The lowest BCUT2D eigenvalue weighted by Crippen LogP contribution is -2.07. The fourth-order valence-corrected chi connectivity index (χ4v) is 8.63. The summed E-state index contributed by atoms with van der Waals surface area (Å²) < 4.78 is 8.82. The third kappa shape index (κ3) is 5.28. The van der Waals surface area contributed by atoms with Gasteiger partial charge >= 0.3 is 0 Å². The van der Waals surface area contributed by atoms with Gasteiger partial charge in [-0.15, -0.1) is 0 Å². The summed E-state index contributed by atoms with van der Waals surface area (Å²) in [6.07, 6.45) is 0. The molecule has 274 valence electrons. The van der Waals surface area contributed by atoms with E-state index in [9.17, 15) is 0 Å². The van der Waals surface area contributed by atoms with Gasteiger partial charge in [-0.05, 0) is 68.2 Å². The predicted molar refractivity (Wildman–Crippen MR) is 242 cm³/mol. The molecule has 0 atom stereocenters. The Morgan fingerprint density at radius 2 is 1.02 bits per heavy atom. The lowest BCUT2D eigenvalue weighted by Gasteiger charge is -2.13. The topological polar surface area (TPSA) is 56.7 Å². The molecule has 0 aliphatic heterocycles. The Morgan fingerprint density at radius 3 is 1.81 bits per heavy atom. The molecule has 0 saturated carbocycles. The number of fused-ring (bicyclic) bond motifs is 11. The van der Waals surface area contributed by atoms with Crippen LogP contribution in [0.5, 0.6) is 0 Å². The first kappa shape index (κ1) is 33.7. The van der Waals surface area contributed by atoms with E-state index in [-0.39, 0.29) is 0 Å². The molecule has 12 rings (SSSR count). The van der Waals surface area contributed by atoms with Crippen molar-refractivity contribution in [3.8, 4) is 39.9 Å². The number of nitrogens with zero attached hydrogens (tertiary/aromatic N) is 4. The fraction of sp³-hybridized carbons (Fsp3) is 0.0377. The summed E-state index contributed by atoms with van der Waals surface area (Å²) in [5.74, 6) is 1.78. The molecule has 0 saturated heterocycles. The SMILES string of the molecule is CC.c1ccc(-c2nc(-c3ccc4ccccc4c3)nc(-n3c4ccc5ccccc5c4c4cccc(-c5ccc6c(c5)oc5ccc7ccccc7c56)c43)n2)cc1. The van der Waals surface area contributed by atoms with Gasteiger partial charge in [-0.1, -0.05) is 166 Å². The highest BCUT2D eigenvalue weighted by Crippen LogP contribution is 2.43. The maximum absolute atomic E-state index is 6.59. The molecule has 5 nitrogen and oxygen atoms in total. The zero-order valence-corrected chi connectivity index (χ0v) is 32.0. The Balaban J connectivity index is 0.00000190. The molecule has 3 aromatic heterocycles. The Bertz CT molecular complexity index is 3540. The molecule has 0 unspecified atom stereocenters. The van der Waals surface area contributed by atoms with Crippen molar-refractivity contribution in [1.29, 1.82) is 0 Å². The van der Waals surface area contributed by atoms with Crippen LogP contribution in [0.2, 0.25) is 0 Å². The monoisotopic (exact) mass is 744 g/mol. The maximum atomic E-state index is 6.59. The van der Waals surface area contributed by atoms with E-state index in [0.717, 1.165) is 71.4 Å². The van der Waals surface area contributed by atoms with Crippen LogP contribution in [-0.2, 0) is 0 Å². The van der Waals surface area contributed by atoms with Gasteiger partial charge in [-0.3, -0.25) is 4.57 Å². The Labute approximate surface area is 334 Å². The molecule has 5 heteroatoms. The highest BCUT2D eigenvalue weighted by molar-refractivity contribution is 6.24. The van der Waals surface area contributed by atoms with Gasteiger partial charge in [0.15, 0.2) is 11.6 Å². The van der Waals surface area contributed by atoms with Gasteiger partial charge in [0.2, 0.25) is 5.95 Å². The average Bonchev–Trinajstić information content (AvgIpc) is 3.86. The van der Waals surface area contributed by atoms with Crippen LogP contribution in [0.3, 0.4) is 0 Å². The smallest absolute Gasteiger partial charge is 0.238 e. The zero-order valence-electron chi connectivity index (χ0n) is 32.0. The number of para-hydroxylation sites is 1. The van der Waals surface area contributed by atoms with E-state index in [1.54, 1.807) is 0 Å². The molecule has 0 aliphatic rings. The molecule has 0 radical (unpaired) electrons. The van der Waals surface area contributed by atoms with Crippen molar-refractivity contribution in [3.63, 3.8) is 0 Å². The number of hydrogen-bond acceptors (Lipinski definition) is 4. The average molecular weight is 745 g/mol. The molecule has 0 bridgehead atoms. The summed E-state index contributed by atoms with van der Waals surface area (Å²) >= 11 is 0. The van der Waals surface area contributed by atoms with Crippen molar-refractivity contribution in [2.75, 3.05) is 0 Å². The highest BCUT2D eigenvalue weighted by Gasteiger charge is 2.22. The van der Waals surface area contributed by atoms with Crippen molar-refractivity contribution in [2.24, 2.45) is 0 Å². The molecule has 0 fully saturated rings. The van der Waals surface area contributed by atoms with Crippen molar-refractivity contribution in [1.82, 2.24) is 19.5 Å². The summed E-state index contributed by atoms with van der Waals surface area (Å²) in [4.78, 5) is 15.7. The third-order valence-electron chi connectivity index (χ3n) is 11.2. The van der Waals surface area contributed by atoms with Crippen LogP contribution in [0.4, 0.5) is 0 Å². The first-order valence-electron chi connectivity index (χ1n) is 19.9. The second kappa shape index (κ2) is 13.5. The minimum Gasteiger partial charge on any atom is -0.456 e. The fourth-order valence-electron chi connectivity index (χ4n) is 8.63. The summed E-state index contributed by atoms with van der Waals surface area (Å²) in [6, 6.07) is 63.9. The minimum atomic E-state index is 0.557. The van der Waals surface area contributed by atoms with Crippen LogP contribution in [-0.4, -0.2) is 19.5 Å². The molecule has 0 spiro atoms. The number of aromatic nitrogens is 4. The first-order chi connectivity index (χ1) is 28.7.